The Morgan fingerprint density at radius 3 is 2.58 bits per heavy atom. The molecular weight excluding hydrogens is 330 g/mol. The molecule has 3 atom stereocenters. The molecule has 0 spiro atoms. The molecule has 26 heavy (non-hydrogen) atoms. The van der Waals surface area contributed by atoms with E-state index < -0.39 is 6.29 Å². The lowest BCUT2D eigenvalue weighted by Crippen LogP contribution is -2.22. The lowest BCUT2D eigenvalue weighted by molar-refractivity contribution is -0.178. The van der Waals surface area contributed by atoms with Crippen molar-refractivity contribution in [2.75, 3.05) is 0 Å². The molecule has 1 heterocycles. The number of benzene rings is 2. The van der Waals surface area contributed by atoms with Gasteiger partial charge in [0.25, 0.3) is 0 Å². The van der Waals surface area contributed by atoms with Gasteiger partial charge in [-0.3, -0.25) is 4.79 Å². The summed E-state index contributed by atoms with van der Waals surface area (Å²) in [6, 6.07) is 16.9. The van der Waals surface area contributed by atoms with Crippen LogP contribution >= 0.6 is 0 Å². The second-order valence-electron chi connectivity index (χ2n) is 7.26. The van der Waals surface area contributed by atoms with E-state index in [0.717, 1.165) is 0 Å². The molecule has 1 aliphatic heterocycles. The first-order valence-corrected chi connectivity index (χ1v) is 8.59. The number of nitrogens with zero attached hydrogens (tertiary/aromatic N) is 1. The lowest BCUT2D eigenvalue weighted by Gasteiger charge is -2.19. The highest BCUT2D eigenvalue weighted by atomic mass is 16.7. The highest BCUT2D eigenvalue weighted by molar-refractivity contribution is 5.80. The molecule has 1 saturated carbocycles. The number of para-hydroxylation sites is 1. The van der Waals surface area contributed by atoms with E-state index in [9.17, 15) is 10.1 Å². The minimum absolute atomic E-state index is 0.0731. The number of carbonyl (C=O) groups is 1. The second kappa shape index (κ2) is 6.15. The summed E-state index contributed by atoms with van der Waals surface area (Å²) >= 11 is 0. The van der Waals surface area contributed by atoms with E-state index in [1.165, 1.54) is 0 Å². The number of cyclic esters (lactones) is 1. The first-order valence-electron chi connectivity index (χ1n) is 8.59. The summed E-state index contributed by atoms with van der Waals surface area (Å²) in [7, 11) is 0. The Hall–Kier alpha value is -2.84. The highest BCUT2D eigenvalue weighted by Gasteiger charge is 2.71. The Kier molecular flexibility index (Phi) is 3.93. The molecule has 0 aromatic heterocycles. The number of ether oxygens (including phenoxy) is 3. The predicted molar refractivity (Wildman–Crippen MR) is 93.1 cm³/mol. The zero-order valence-electron chi connectivity index (χ0n) is 14.6. The maximum absolute atomic E-state index is 11.9. The summed E-state index contributed by atoms with van der Waals surface area (Å²) in [6.07, 6.45) is -0.548. The van der Waals surface area contributed by atoms with Crippen LogP contribution in [0.5, 0.6) is 11.5 Å². The number of esters is 1. The summed E-state index contributed by atoms with van der Waals surface area (Å²) in [6.45, 7) is 4.29. The average Bonchev–Trinajstić information content (AvgIpc) is 3.03. The standard InChI is InChI=1S/C21H19NO4/c1-21(2)17-18(21)20(26-19(17)23)24-12-13-7-6-10-16(15(13)11-22)25-14-8-4-3-5-9-14/h3-10,17-18,20H,12H2,1-2H3/t17-,18?,20+/m0/s1. The van der Waals surface area contributed by atoms with Gasteiger partial charge in [0, 0.05) is 5.92 Å². The topological polar surface area (TPSA) is 68.6 Å². The SMILES string of the molecule is CC1(C)C2[C@H](OCc3cccc(Oc4ccccc4)c3C#N)OC(=O)[C@H]21. The third-order valence-corrected chi connectivity index (χ3v) is 5.29. The third kappa shape index (κ3) is 2.73. The smallest absolute Gasteiger partial charge is 0.312 e. The Morgan fingerprint density at radius 2 is 1.92 bits per heavy atom. The Morgan fingerprint density at radius 1 is 1.15 bits per heavy atom. The Balaban J connectivity index is 1.50. The summed E-state index contributed by atoms with van der Waals surface area (Å²) in [5.41, 5.74) is 1.06. The lowest BCUT2D eigenvalue weighted by atomic mass is 10.1. The van der Waals surface area contributed by atoms with Gasteiger partial charge in [-0.1, -0.05) is 44.2 Å². The van der Waals surface area contributed by atoms with Crippen LogP contribution in [0.3, 0.4) is 0 Å². The number of carbonyl (C=O) groups excluding carboxylic acids is 1. The molecule has 0 N–H and O–H groups in total. The van der Waals surface area contributed by atoms with E-state index in [2.05, 4.69) is 6.07 Å². The third-order valence-electron chi connectivity index (χ3n) is 5.29. The van der Waals surface area contributed by atoms with Gasteiger partial charge < -0.3 is 14.2 Å². The van der Waals surface area contributed by atoms with E-state index in [0.29, 0.717) is 22.6 Å². The maximum atomic E-state index is 11.9. The van der Waals surface area contributed by atoms with Crippen molar-refractivity contribution in [2.45, 2.75) is 26.7 Å². The molecular formula is C21H19NO4. The summed E-state index contributed by atoms with van der Waals surface area (Å²) in [5.74, 6) is 0.967. The molecule has 2 aromatic carbocycles. The number of fused-ring (bicyclic) bond motifs is 1. The van der Waals surface area contributed by atoms with Gasteiger partial charge >= 0.3 is 5.97 Å². The van der Waals surface area contributed by atoms with Gasteiger partial charge in [0.2, 0.25) is 6.29 Å². The highest BCUT2D eigenvalue weighted by Crippen LogP contribution is 2.64. The predicted octanol–water partition coefficient (Wildman–Crippen LogP) is 4.02. The molecule has 4 rings (SSSR count). The minimum atomic E-state index is -0.548. The first-order chi connectivity index (χ1) is 12.5. The van der Waals surface area contributed by atoms with E-state index in [1.807, 2.05) is 56.3 Å². The molecule has 1 unspecified atom stereocenters. The van der Waals surface area contributed by atoms with Gasteiger partial charge in [0.1, 0.15) is 23.1 Å². The summed E-state index contributed by atoms with van der Waals surface area (Å²) in [5, 5.41) is 9.58. The fourth-order valence-electron chi connectivity index (χ4n) is 3.73. The van der Waals surface area contributed by atoms with Gasteiger partial charge in [-0.15, -0.1) is 0 Å². The van der Waals surface area contributed by atoms with E-state index in [4.69, 9.17) is 14.2 Å². The van der Waals surface area contributed by atoms with Gasteiger partial charge in [-0.2, -0.15) is 5.26 Å². The van der Waals surface area contributed by atoms with Crippen LogP contribution < -0.4 is 4.74 Å². The number of hydrogen-bond acceptors (Lipinski definition) is 5. The molecule has 2 fully saturated rings. The van der Waals surface area contributed by atoms with Crippen molar-refractivity contribution in [1.82, 2.24) is 0 Å². The van der Waals surface area contributed by atoms with Crippen molar-refractivity contribution in [3.63, 3.8) is 0 Å². The number of rotatable bonds is 5. The van der Waals surface area contributed by atoms with Crippen molar-refractivity contribution in [3.05, 3.63) is 59.7 Å². The molecule has 0 amide bonds. The van der Waals surface area contributed by atoms with Crippen molar-refractivity contribution < 1.29 is 19.0 Å². The molecule has 0 radical (unpaired) electrons. The quantitative estimate of drug-likeness (QED) is 0.763. The molecule has 5 nitrogen and oxygen atoms in total. The zero-order chi connectivity index (χ0) is 18.3. The second-order valence-corrected chi connectivity index (χ2v) is 7.26. The molecule has 2 aliphatic rings. The minimum Gasteiger partial charge on any atom is -0.456 e. The van der Waals surface area contributed by atoms with Crippen LogP contribution in [0, 0.1) is 28.6 Å². The fraction of sp³-hybridized carbons (Fsp3) is 0.333. The van der Waals surface area contributed by atoms with Gasteiger partial charge in [0.05, 0.1) is 12.5 Å². The van der Waals surface area contributed by atoms with Crippen molar-refractivity contribution in [2.24, 2.45) is 17.3 Å². The molecule has 2 aromatic rings. The summed E-state index contributed by atoms with van der Waals surface area (Å²) in [4.78, 5) is 11.9. The van der Waals surface area contributed by atoms with Crippen molar-refractivity contribution in [1.29, 1.82) is 5.26 Å². The van der Waals surface area contributed by atoms with E-state index in [-0.39, 0.29) is 29.8 Å². The van der Waals surface area contributed by atoms with Crippen LogP contribution in [-0.4, -0.2) is 12.3 Å². The molecule has 1 saturated heterocycles. The monoisotopic (exact) mass is 349 g/mol. The Labute approximate surface area is 152 Å². The van der Waals surface area contributed by atoms with Crippen molar-refractivity contribution in [3.8, 4) is 17.6 Å². The number of nitriles is 1. The normalized spacial score (nSPS) is 25.1. The van der Waals surface area contributed by atoms with Crippen molar-refractivity contribution >= 4 is 5.97 Å². The number of hydrogen-bond donors (Lipinski definition) is 0. The average molecular weight is 349 g/mol. The van der Waals surface area contributed by atoms with Crippen LogP contribution in [0.4, 0.5) is 0 Å². The van der Waals surface area contributed by atoms with Crippen LogP contribution in [-0.2, 0) is 20.9 Å². The molecule has 0 bridgehead atoms. The largest absolute Gasteiger partial charge is 0.456 e. The van der Waals surface area contributed by atoms with Gasteiger partial charge in [-0.25, -0.2) is 0 Å². The fourth-order valence-corrected chi connectivity index (χ4v) is 3.73. The van der Waals surface area contributed by atoms with Crippen LogP contribution in [0.15, 0.2) is 48.5 Å². The molecule has 1 aliphatic carbocycles. The zero-order valence-corrected chi connectivity index (χ0v) is 14.6. The molecule has 132 valence electrons. The van der Waals surface area contributed by atoms with Crippen LogP contribution in [0.2, 0.25) is 0 Å². The first kappa shape index (κ1) is 16.6. The van der Waals surface area contributed by atoms with E-state index >= 15 is 0 Å². The van der Waals surface area contributed by atoms with E-state index in [1.54, 1.807) is 6.07 Å². The van der Waals surface area contributed by atoms with Gasteiger partial charge in [-0.05, 0) is 29.2 Å². The van der Waals surface area contributed by atoms with Gasteiger partial charge in [0.15, 0.2) is 0 Å². The summed E-state index contributed by atoms with van der Waals surface area (Å²) < 4.78 is 17.0. The Bertz CT molecular complexity index is 885. The molecule has 5 heteroatoms. The van der Waals surface area contributed by atoms with Crippen LogP contribution in [0.1, 0.15) is 25.0 Å². The van der Waals surface area contributed by atoms with Crippen LogP contribution in [0.25, 0.3) is 0 Å². The maximum Gasteiger partial charge on any atom is 0.312 e.